The van der Waals surface area contributed by atoms with Crippen molar-refractivity contribution >= 4 is 38.3 Å². The number of nitrogens with zero attached hydrogens (tertiary/aromatic N) is 2. The lowest BCUT2D eigenvalue weighted by Gasteiger charge is -2.25. The summed E-state index contributed by atoms with van der Waals surface area (Å²) >= 11 is 1.63. The number of nitrogens with one attached hydrogen (secondary N) is 1. The molecule has 6 heteroatoms. The van der Waals surface area contributed by atoms with Crippen LogP contribution in [0.25, 0.3) is 10.2 Å². The van der Waals surface area contributed by atoms with Crippen molar-refractivity contribution < 1.29 is 9.53 Å². The molecule has 1 N–H and O–H groups in total. The highest BCUT2D eigenvalue weighted by Gasteiger charge is 2.16. The molecule has 0 saturated carbocycles. The van der Waals surface area contributed by atoms with Gasteiger partial charge in [-0.25, -0.2) is 4.98 Å². The van der Waals surface area contributed by atoms with Crippen molar-refractivity contribution in [1.82, 2.24) is 4.98 Å². The Balaban J connectivity index is 1.51. The molecule has 1 fully saturated rings. The molecule has 2 heterocycles. The van der Waals surface area contributed by atoms with Crippen molar-refractivity contribution in [2.45, 2.75) is 19.8 Å². The molecule has 0 atom stereocenters. The minimum Gasteiger partial charge on any atom is -0.378 e. The number of amides is 1. The molecule has 2 aromatic carbocycles. The summed E-state index contributed by atoms with van der Waals surface area (Å²) in [6.07, 6.45) is 0. The molecule has 1 saturated heterocycles. The summed E-state index contributed by atoms with van der Waals surface area (Å²) in [7, 11) is 0. The van der Waals surface area contributed by atoms with E-state index < -0.39 is 0 Å². The predicted molar refractivity (Wildman–Crippen MR) is 111 cm³/mol. The SMILES string of the molecule is CC(C)c1ccc(NC(=O)c2ccc3nc(N4CCOCC4)sc3c2)cc1. The number of aromatic nitrogens is 1. The Hall–Kier alpha value is -2.44. The molecular formula is C21H23N3O2S. The Kier molecular flexibility index (Phi) is 5.09. The summed E-state index contributed by atoms with van der Waals surface area (Å²) in [6.45, 7) is 7.50. The first-order valence-corrected chi connectivity index (χ1v) is 10.1. The lowest BCUT2D eigenvalue weighted by molar-refractivity contribution is 0.102. The van der Waals surface area contributed by atoms with Crippen molar-refractivity contribution in [3.63, 3.8) is 0 Å². The topological polar surface area (TPSA) is 54.5 Å². The lowest BCUT2D eigenvalue weighted by atomic mass is 10.0. The summed E-state index contributed by atoms with van der Waals surface area (Å²) < 4.78 is 6.43. The molecule has 4 rings (SSSR count). The van der Waals surface area contributed by atoms with Crippen LogP contribution < -0.4 is 10.2 Å². The van der Waals surface area contributed by atoms with Crippen LogP contribution >= 0.6 is 11.3 Å². The zero-order valence-corrected chi connectivity index (χ0v) is 16.4. The standard InChI is InChI=1S/C21H23N3O2S/c1-14(2)15-3-6-17(7-4-15)22-20(25)16-5-8-18-19(13-16)27-21(23-18)24-9-11-26-12-10-24/h3-8,13-14H,9-12H2,1-2H3,(H,22,25). The van der Waals surface area contributed by atoms with Crippen LogP contribution in [0.15, 0.2) is 42.5 Å². The van der Waals surface area contributed by atoms with Gasteiger partial charge in [-0.3, -0.25) is 4.79 Å². The van der Waals surface area contributed by atoms with Gasteiger partial charge in [-0.1, -0.05) is 37.3 Å². The average Bonchev–Trinajstić information content (AvgIpc) is 3.12. The Morgan fingerprint density at radius 3 is 2.59 bits per heavy atom. The largest absolute Gasteiger partial charge is 0.378 e. The number of carbonyl (C=O) groups excluding carboxylic acids is 1. The predicted octanol–water partition coefficient (Wildman–Crippen LogP) is 4.51. The van der Waals surface area contributed by atoms with E-state index in [9.17, 15) is 4.79 Å². The monoisotopic (exact) mass is 381 g/mol. The highest BCUT2D eigenvalue weighted by Crippen LogP contribution is 2.30. The Morgan fingerprint density at radius 2 is 1.89 bits per heavy atom. The van der Waals surface area contributed by atoms with Gasteiger partial charge in [0.2, 0.25) is 0 Å². The number of rotatable bonds is 4. The fourth-order valence-electron chi connectivity index (χ4n) is 3.10. The van der Waals surface area contributed by atoms with Crippen LogP contribution in [0.2, 0.25) is 0 Å². The van der Waals surface area contributed by atoms with Crippen molar-refractivity contribution in [1.29, 1.82) is 0 Å². The van der Waals surface area contributed by atoms with E-state index in [0.29, 0.717) is 11.5 Å². The van der Waals surface area contributed by atoms with Gasteiger partial charge >= 0.3 is 0 Å². The van der Waals surface area contributed by atoms with E-state index in [0.717, 1.165) is 47.3 Å². The van der Waals surface area contributed by atoms with Gasteiger partial charge in [-0.15, -0.1) is 0 Å². The van der Waals surface area contributed by atoms with Crippen LogP contribution in [0.1, 0.15) is 35.7 Å². The van der Waals surface area contributed by atoms with E-state index in [1.54, 1.807) is 11.3 Å². The molecular weight excluding hydrogens is 358 g/mol. The molecule has 0 aliphatic carbocycles. The van der Waals surface area contributed by atoms with E-state index in [4.69, 9.17) is 9.72 Å². The van der Waals surface area contributed by atoms with Crippen LogP contribution in [0.4, 0.5) is 10.8 Å². The summed E-state index contributed by atoms with van der Waals surface area (Å²) in [5.74, 6) is 0.375. The van der Waals surface area contributed by atoms with Crippen molar-refractivity contribution in [2.75, 3.05) is 36.5 Å². The molecule has 0 bridgehead atoms. The highest BCUT2D eigenvalue weighted by atomic mass is 32.1. The second-order valence-corrected chi connectivity index (χ2v) is 8.02. The molecule has 1 amide bonds. The normalized spacial score (nSPS) is 14.7. The summed E-state index contributed by atoms with van der Waals surface area (Å²) in [6, 6.07) is 13.7. The number of benzene rings is 2. The number of anilines is 2. The molecule has 0 unspecified atom stereocenters. The van der Waals surface area contributed by atoms with Crippen LogP contribution in [0, 0.1) is 0 Å². The third kappa shape index (κ3) is 3.96. The van der Waals surface area contributed by atoms with Gasteiger partial charge in [-0.2, -0.15) is 0 Å². The van der Waals surface area contributed by atoms with Gasteiger partial charge in [0, 0.05) is 24.3 Å². The minimum atomic E-state index is -0.101. The zero-order chi connectivity index (χ0) is 18.8. The quantitative estimate of drug-likeness (QED) is 0.722. The highest BCUT2D eigenvalue weighted by molar-refractivity contribution is 7.22. The first-order chi connectivity index (χ1) is 13.1. The average molecular weight is 382 g/mol. The Bertz CT molecular complexity index is 944. The maximum Gasteiger partial charge on any atom is 0.255 e. The molecule has 140 valence electrons. The minimum absolute atomic E-state index is 0.101. The van der Waals surface area contributed by atoms with E-state index in [1.807, 2.05) is 30.3 Å². The van der Waals surface area contributed by atoms with Crippen LogP contribution in [-0.4, -0.2) is 37.2 Å². The number of ether oxygens (including phenoxy) is 1. The third-order valence-electron chi connectivity index (χ3n) is 4.76. The number of fused-ring (bicyclic) bond motifs is 1. The molecule has 1 aliphatic heterocycles. The van der Waals surface area contributed by atoms with E-state index in [1.165, 1.54) is 5.56 Å². The second-order valence-electron chi connectivity index (χ2n) is 7.01. The van der Waals surface area contributed by atoms with Crippen molar-refractivity contribution in [3.8, 4) is 0 Å². The maximum absolute atomic E-state index is 12.6. The third-order valence-corrected chi connectivity index (χ3v) is 5.84. The summed E-state index contributed by atoms with van der Waals surface area (Å²) in [5.41, 5.74) is 3.64. The molecule has 27 heavy (non-hydrogen) atoms. The van der Waals surface area contributed by atoms with Gasteiger partial charge < -0.3 is 15.0 Å². The number of hydrogen-bond acceptors (Lipinski definition) is 5. The second kappa shape index (κ2) is 7.66. The molecule has 1 aromatic heterocycles. The maximum atomic E-state index is 12.6. The number of hydrogen-bond donors (Lipinski definition) is 1. The van der Waals surface area contributed by atoms with Crippen LogP contribution in [0.3, 0.4) is 0 Å². The molecule has 3 aromatic rings. The van der Waals surface area contributed by atoms with Crippen molar-refractivity contribution in [2.24, 2.45) is 0 Å². The summed E-state index contributed by atoms with van der Waals surface area (Å²) in [5, 5.41) is 3.97. The van der Waals surface area contributed by atoms with E-state index >= 15 is 0 Å². The Labute approximate surface area is 163 Å². The first-order valence-electron chi connectivity index (χ1n) is 9.25. The van der Waals surface area contributed by atoms with Gasteiger partial charge in [0.15, 0.2) is 5.13 Å². The van der Waals surface area contributed by atoms with E-state index in [-0.39, 0.29) is 5.91 Å². The summed E-state index contributed by atoms with van der Waals surface area (Å²) in [4.78, 5) is 19.6. The number of thiazole rings is 1. The molecule has 0 spiro atoms. The number of morpholine rings is 1. The van der Waals surface area contributed by atoms with Gasteiger partial charge in [0.1, 0.15) is 0 Å². The zero-order valence-electron chi connectivity index (χ0n) is 15.6. The fraction of sp³-hybridized carbons (Fsp3) is 0.333. The van der Waals surface area contributed by atoms with Gasteiger partial charge in [0.05, 0.1) is 23.4 Å². The fourth-order valence-corrected chi connectivity index (χ4v) is 4.15. The van der Waals surface area contributed by atoms with Gasteiger partial charge in [0.25, 0.3) is 5.91 Å². The van der Waals surface area contributed by atoms with Crippen molar-refractivity contribution in [3.05, 3.63) is 53.6 Å². The molecule has 1 aliphatic rings. The van der Waals surface area contributed by atoms with Gasteiger partial charge in [-0.05, 0) is 41.8 Å². The lowest BCUT2D eigenvalue weighted by Crippen LogP contribution is -2.36. The first kappa shape index (κ1) is 17.9. The number of carbonyl (C=O) groups is 1. The molecule has 5 nitrogen and oxygen atoms in total. The Morgan fingerprint density at radius 1 is 1.15 bits per heavy atom. The van der Waals surface area contributed by atoms with Crippen LogP contribution in [-0.2, 0) is 4.74 Å². The van der Waals surface area contributed by atoms with Crippen LogP contribution in [0.5, 0.6) is 0 Å². The van der Waals surface area contributed by atoms with E-state index in [2.05, 4.69) is 36.2 Å². The molecule has 0 radical (unpaired) electrons. The smallest absolute Gasteiger partial charge is 0.255 e.